The summed E-state index contributed by atoms with van der Waals surface area (Å²) in [6.07, 6.45) is 2.68. The number of fused-ring (bicyclic) bond motifs is 1. The molecule has 3 rings (SSSR count). The van der Waals surface area contributed by atoms with Crippen molar-refractivity contribution in [2.75, 3.05) is 27.3 Å². The van der Waals surface area contributed by atoms with E-state index in [0.29, 0.717) is 11.5 Å². The number of rotatable bonds is 4. The van der Waals surface area contributed by atoms with Crippen molar-refractivity contribution < 1.29 is 17.9 Å². The van der Waals surface area contributed by atoms with Gasteiger partial charge in [0.15, 0.2) is 0 Å². The third-order valence-electron chi connectivity index (χ3n) is 4.62. The van der Waals surface area contributed by atoms with Gasteiger partial charge >= 0.3 is 0 Å². The summed E-state index contributed by atoms with van der Waals surface area (Å²) in [5, 5.41) is 4.80. The molecule has 22 heavy (non-hydrogen) atoms. The number of carbonyl (C=O) groups is 1. The molecule has 0 bridgehead atoms. The Morgan fingerprint density at radius 2 is 2.27 bits per heavy atom. The van der Waals surface area contributed by atoms with Gasteiger partial charge < -0.3 is 10.1 Å². The number of amides is 1. The minimum atomic E-state index is -3.42. The number of nitrogens with one attached hydrogen (secondary N) is 1. The number of carbonyl (C=O) groups excluding carboxylic acids is 1. The van der Waals surface area contributed by atoms with Gasteiger partial charge in [0, 0.05) is 25.6 Å². The minimum Gasteiger partial charge on any atom is -0.384 e. The number of likely N-dealkylation sites (N-methyl/N-ethyl adjacent to an activating group) is 1. The number of thiophene rings is 1. The van der Waals surface area contributed by atoms with Crippen LogP contribution in [0, 0.1) is 5.41 Å². The summed E-state index contributed by atoms with van der Waals surface area (Å²) >= 11 is 1.38. The summed E-state index contributed by atoms with van der Waals surface area (Å²) in [6.45, 7) is 0.682. The number of hydrogen-bond acceptors (Lipinski definition) is 5. The summed E-state index contributed by atoms with van der Waals surface area (Å²) in [5.41, 5.74) is -0.443. The lowest BCUT2D eigenvalue weighted by molar-refractivity contribution is -0.141. The van der Waals surface area contributed by atoms with Crippen LogP contribution in [0.1, 0.15) is 30.2 Å². The Labute approximate surface area is 134 Å². The lowest BCUT2D eigenvalue weighted by Crippen LogP contribution is -2.52. The molecule has 6 nitrogen and oxygen atoms in total. The first-order chi connectivity index (χ1) is 10.4. The zero-order chi connectivity index (χ0) is 16.0. The second kappa shape index (κ2) is 5.59. The quantitative estimate of drug-likeness (QED) is 0.895. The van der Waals surface area contributed by atoms with Crippen LogP contribution in [0.15, 0.2) is 16.3 Å². The second-order valence-electron chi connectivity index (χ2n) is 6.03. The molecular weight excluding hydrogens is 324 g/mol. The van der Waals surface area contributed by atoms with E-state index in [2.05, 4.69) is 5.32 Å². The highest BCUT2D eigenvalue weighted by molar-refractivity contribution is 7.89. The highest BCUT2D eigenvalue weighted by Crippen LogP contribution is 2.43. The normalized spacial score (nSPS) is 26.0. The zero-order valence-electron chi connectivity index (χ0n) is 12.7. The molecule has 8 heteroatoms. The molecule has 1 aromatic heterocycles. The lowest BCUT2D eigenvalue weighted by atomic mass is 9.68. The number of sulfonamides is 1. The average Bonchev–Trinajstić information content (AvgIpc) is 2.90. The number of ether oxygens (including phenoxy) is 1. The van der Waals surface area contributed by atoms with Crippen LogP contribution in [0.3, 0.4) is 0 Å². The Balaban J connectivity index is 1.83. The molecule has 1 N–H and O–H groups in total. The molecule has 122 valence electrons. The van der Waals surface area contributed by atoms with Gasteiger partial charge in [0.2, 0.25) is 15.9 Å². The van der Waals surface area contributed by atoms with Gasteiger partial charge in [0.05, 0.1) is 23.0 Å². The van der Waals surface area contributed by atoms with Gasteiger partial charge in [-0.25, -0.2) is 8.42 Å². The smallest absolute Gasteiger partial charge is 0.244 e. The molecule has 2 heterocycles. The highest BCUT2D eigenvalue weighted by Gasteiger charge is 2.46. The third kappa shape index (κ3) is 2.38. The molecule has 1 amide bonds. The Kier molecular flexibility index (Phi) is 4.05. The largest absolute Gasteiger partial charge is 0.384 e. The lowest BCUT2D eigenvalue weighted by Gasteiger charge is -2.41. The van der Waals surface area contributed by atoms with Gasteiger partial charge in [0.1, 0.15) is 0 Å². The van der Waals surface area contributed by atoms with Crippen molar-refractivity contribution in [3.05, 3.63) is 16.3 Å². The van der Waals surface area contributed by atoms with E-state index >= 15 is 0 Å². The first-order valence-electron chi connectivity index (χ1n) is 7.24. The SMILES string of the molecule is COCC1(C(=O)N[C@H]2CN(C)S(=O)(=O)c3ccsc32)CCC1. The van der Waals surface area contributed by atoms with Crippen LogP contribution in [0.25, 0.3) is 0 Å². The van der Waals surface area contributed by atoms with Gasteiger partial charge in [-0.15, -0.1) is 11.3 Å². The maximum Gasteiger partial charge on any atom is 0.244 e. The molecule has 2 aliphatic rings. The van der Waals surface area contributed by atoms with E-state index < -0.39 is 15.4 Å². The molecule has 0 radical (unpaired) electrons. The van der Waals surface area contributed by atoms with Crippen molar-refractivity contribution in [1.82, 2.24) is 9.62 Å². The van der Waals surface area contributed by atoms with Crippen LogP contribution in [0.5, 0.6) is 0 Å². The Morgan fingerprint density at radius 1 is 1.55 bits per heavy atom. The van der Waals surface area contributed by atoms with E-state index in [1.54, 1.807) is 25.6 Å². The predicted molar refractivity (Wildman–Crippen MR) is 83.2 cm³/mol. The Bertz CT molecular complexity index is 679. The minimum absolute atomic E-state index is 0.0300. The van der Waals surface area contributed by atoms with Gasteiger partial charge in [0.25, 0.3) is 0 Å². The fourth-order valence-electron chi connectivity index (χ4n) is 3.12. The van der Waals surface area contributed by atoms with Gasteiger partial charge in [-0.1, -0.05) is 6.42 Å². The maximum absolute atomic E-state index is 12.7. The molecule has 1 saturated carbocycles. The zero-order valence-corrected chi connectivity index (χ0v) is 14.3. The first kappa shape index (κ1) is 15.9. The molecule has 1 fully saturated rings. The molecule has 1 atom stereocenters. The van der Waals surface area contributed by atoms with E-state index in [1.807, 2.05) is 0 Å². The van der Waals surface area contributed by atoms with Gasteiger partial charge in [-0.3, -0.25) is 4.79 Å². The van der Waals surface area contributed by atoms with Gasteiger partial charge in [-0.05, 0) is 24.3 Å². The van der Waals surface area contributed by atoms with Crippen LogP contribution in [0.2, 0.25) is 0 Å². The van der Waals surface area contributed by atoms with E-state index in [9.17, 15) is 13.2 Å². The van der Waals surface area contributed by atoms with E-state index in [0.717, 1.165) is 24.1 Å². The Morgan fingerprint density at radius 3 is 2.86 bits per heavy atom. The van der Waals surface area contributed by atoms with Crippen molar-refractivity contribution in [1.29, 1.82) is 0 Å². The van der Waals surface area contributed by atoms with E-state index in [-0.39, 0.29) is 18.5 Å². The van der Waals surface area contributed by atoms with Crippen molar-refractivity contribution >= 4 is 27.3 Å². The standard InChI is InChI=1S/C14H20N2O4S2/c1-16-8-10(12-11(4-7-21-12)22(16,18)19)15-13(17)14(9-20-2)5-3-6-14/h4,7,10H,3,5-6,8-9H2,1-2H3,(H,15,17)/t10-/m0/s1. The van der Waals surface area contributed by atoms with Crippen molar-refractivity contribution in [2.24, 2.45) is 5.41 Å². The molecular formula is C14H20N2O4S2. The molecule has 1 aliphatic heterocycles. The van der Waals surface area contributed by atoms with Gasteiger partial charge in [-0.2, -0.15) is 4.31 Å². The molecule has 0 aromatic carbocycles. The van der Waals surface area contributed by atoms with Crippen molar-refractivity contribution in [3.63, 3.8) is 0 Å². The monoisotopic (exact) mass is 344 g/mol. The number of methoxy groups -OCH3 is 1. The van der Waals surface area contributed by atoms with Crippen molar-refractivity contribution in [3.8, 4) is 0 Å². The summed E-state index contributed by atoms with van der Waals surface area (Å²) in [5.74, 6) is -0.0300. The molecule has 0 unspecified atom stereocenters. The summed E-state index contributed by atoms with van der Waals surface area (Å²) in [6, 6.07) is 1.32. The van der Waals surface area contributed by atoms with Crippen LogP contribution in [0.4, 0.5) is 0 Å². The molecule has 0 spiro atoms. The second-order valence-corrected chi connectivity index (χ2v) is 8.99. The molecule has 1 aromatic rings. The summed E-state index contributed by atoms with van der Waals surface area (Å²) < 4.78 is 31.0. The van der Waals surface area contributed by atoms with Crippen LogP contribution >= 0.6 is 11.3 Å². The third-order valence-corrected chi connectivity index (χ3v) is 7.66. The highest BCUT2D eigenvalue weighted by atomic mass is 32.2. The van der Waals surface area contributed by atoms with Crippen LogP contribution in [-0.2, 0) is 19.6 Å². The van der Waals surface area contributed by atoms with E-state index in [4.69, 9.17) is 4.74 Å². The number of hydrogen-bond donors (Lipinski definition) is 1. The van der Waals surface area contributed by atoms with Crippen LogP contribution in [-0.4, -0.2) is 45.9 Å². The first-order valence-corrected chi connectivity index (χ1v) is 9.56. The summed E-state index contributed by atoms with van der Waals surface area (Å²) in [7, 11) is -0.268. The number of nitrogens with zero attached hydrogens (tertiary/aromatic N) is 1. The van der Waals surface area contributed by atoms with E-state index in [1.165, 1.54) is 15.6 Å². The Hall–Kier alpha value is -0.960. The average molecular weight is 344 g/mol. The fourth-order valence-corrected chi connectivity index (χ4v) is 5.82. The summed E-state index contributed by atoms with van der Waals surface area (Å²) in [4.78, 5) is 13.7. The topological polar surface area (TPSA) is 75.7 Å². The fraction of sp³-hybridized carbons (Fsp3) is 0.643. The predicted octanol–water partition coefficient (Wildman–Crippen LogP) is 1.36. The van der Waals surface area contributed by atoms with Crippen LogP contribution < -0.4 is 5.32 Å². The maximum atomic E-state index is 12.7. The van der Waals surface area contributed by atoms with Crippen molar-refractivity contribution in [2.45, 2.75) is 30.2 Å². The molecule has 0 saturated heterocycles. The molecule has 1 aliphatic carbocycles.